The van der Waals surface area contributed by atoms with E-state index in [1.807, 2.05) is 27.7 Å². The van der Waals surface area contributed by atoms with Crippen molar-refractivity contribution in [1.29, 1.82) is 0 Å². The Kier molecular flexibility index (Phi) is 20.5. The van der Waals surface area contributed by atoms with Crippen LogP contribution in [0.2, 0.25) is 0 Å². The van der Waals surface area contributed by atoms with Gasteiger partial charge in [0.15, 0.2) is 37.0 Å². The molecular formula is C62H98O26. The van der Waals surface area contributed by atoms with E-state index in [2.05, 4.69) is 26.8 Å². The van der Waals surface area contributed by atoms with Crippen molar-refractivity contribution in [3.63, 3.8) is 0 Å². The fourth-order valence-corrected chi connectivity index (χ4v) is 17.8. The topological polar surface area (TPSA) is 418 Å². The van der Waals surface area contributed by atoms with Crippen LogP contribution < -0.4 is 0 Å². The average molecular weight is 1260 g/mol. The van der Waals surface area contributed by atoms with Gasteiger partial charge in [-0.25, -0.2) is 4.79 Å². The minimum absolute atomic E-state index is 0.110. The Balaban J connectivity index is 1.06. The summed E-state index contributed by atoms with van der Waals surface area (Å²) < 4.78 is 55.0. The summed E-state index contributed by atoms with van der Waals surface area (Å²) in [6.07, 6.45) is -30.5. The van der Waals surface area contributed by atoms with Gasteiger partial charge in [-0.3, -0.25) is 9.59 Å². The van der Waals surface area contributed by atoms with Crippen LogP contribution in [0.3, 0.4) is 0 Å². The molecule has 4 saturated heterocycles. The van der Waals surface area contributed by atoms with Crippen molar-refractivity contribution in [3.05, 3.63) is 23.3 Å². The van der Waals surface area contributed by atoms with Gasteiger partial charge in [-0.2, -0.15) is 0 Å². The minimum atomic E-state index is -2.26. The second-order valence-electron chi connectivity index (χ2n) is 28.6. The predicted octanol–water partition coefficient (Wildman–Crippen LogP) is -0.919. The van der Waals surface area contributed by atoms with E-state index >= 15 is 0 Å². The molecule has 4 unspecified atom stereocenters. The molecule has 0 spiro atoms. The normalized spacial score (nSPS) is 50.7. The van der Waals surface area contributed by atoms with Crippen molar-refractivity contribution in [2.75, 3.05) is 33.0 Å². The summed E-state index contributed by atoms with van der Waals surface area (Å²) in [6, 6.07) is 0. The largest absolute Gasteiger partial charge is 0.479 e. The molecule has 5 aliphatic carbocycles. The summed E-state index contributed by atoms with van der Waals surface area (Å²) in [5.74, 6) is -4.82. The molecule has 0 aromatic carbocycles. The number of allylic oxidation sites excluding steroid dienone is 4. The third-order valence-corrected chi connectivity index (χ3v) is 23.6. The highest BCUT2D eigenvalue weighted by molar-refractivity contribution is 5.98. The molecule has 502 valence electrons. The highest BCUT2D eigenvalue weighted by Gasteiger charge is 2.74. The Morgan fingerprint density at radius 2 is 1.32 bits per heavy atom. The first-order valence-electron chi connectivity index (χ1n) is 31.3. The number of aliphatic hydroxyl groups excluding tert-OH is 13. The van der Waals surface area contributed by atoms with Gasteiger partial charge in [-0.1, -0.05) is 73.1 Å². The highest BCUT2D eigenvalue weighted by Crippen LogP contribution is 2.76. The van der Waals surface area contributed by atoms with Crippen LogP contribution in [0.1, 0.15) is 121 Å². The summed E-state index contributed by atoms with van der Waals surface area (Å²) >= 11 is 0. The first-order chi connectivity index (χ1) is 41.2. The minimum Gasteiger partial charge on any atom is -0.479 e. The van der Waals surface area contributed by atoms with Crippen LogP contribution in [0.15, 0.2) is 23.3 Å². The lowest BCUT2D eigenvalue weighted by Crippen LogP contribution is -2.72. The predicted molar refractivity (Wildman–Crippen MR) is 302 cm³/mol. The van der Waals surface area contributed by atoms with Crippen molar-refractivity contribution in [2.45, 2.75) is 250 Å². The molecule has 31 atom stereocenters. The van der Waals surface area contributed by atoms with E-state index in [9.17, 15) is 85.9 Å². The number of ether oxygens (including phenoxy) is 9. The van der Waals surface area contributed by atoms with Crippen LogP contribution in [-0.2, 0) is 57.0 Å². The molecule has 26 heteroatoms. The van der Waals surface area contributed by atoms with Crippen molar-refractivity contribution < 1.29 is 129 Å². The number of aliphatic carboxylic acids is 1. The van der Waals surface area contributed by atoms with E-state index in [4.69, 9.17) is 42.6 Å². The van der Waals surface area contributed by atoms with Crippen LogP contribution in [0.5, 0.6) is 0 Å². The van der Waals surface area contributed by atoms with Crippen LogP contribution >= 0.6 is 0 Å². The summed E-state index contributed by atoms with van der Waals surface area (Å²) in [6.45, 7) is 16.4. The zero-order chi connectivity index (χ0) is 64.9. The maximum absolute atomic E-state index is 14.6. The number of rotatable bonds is 17. The quantitative estimate of drug-likeness (QED) is 0.0362. The lowest BCUT2D eigenvalue weighted by molar-refractivity contribution is -0.400. The Morgan fingerprint density at radius 3 is 1.93 bits per heavy atom. The lowest BCUT2D eigenvalue weighted by Gasteiger charge is -2.73. The number of Topliss-reactive ketones (excluding diaryl/α,β-unsaturated/α-hetero) is 1. The standard InChI is InChI=1S/C62H98O26/c1-11-26(3)38(69)37-50(88-52(79)27(4)12-2)62(25-65)29(19-57(37,5)6)28-13-14-34-58(7)17-16-36(59(8,24-64)33(58)15-18-60(34,9)61(28,10)20-35(62)68)83-56-49(87-54-44(75)42(73)41(72)32(21-63)82-54)46(45(76)47(85-56)51(77)78)84-55-48(40(71)31(67)23-81-55)86-53-43(74)39(70)30(66)22-80-53/h11,13,27,29-37,39-50,53-56,63-68,70-76H,12,14-25H2,1-10H3,(H,77,78)/b26-11-/t27?,29?,30-,31+,32-,33?,34?,35-,36+,37+,39+,40+,41+,42+,43-,44-,45+,46+,47+,48-,49-,50+,53+,54+,55+,56-,58+,59+,60-,61-,62+/m1/s1. The van der Waals surface area contributed by atoms with Crippen molar-refractivity contribution in [3.8, 4) is 0 Å². The summed E-state index contributed by atoms with van der Waals surface area (Å²) in [4.78, 5) is 41.8. The zero-order valence-corrected chi connectivity index (χ0v) is 52.0. The van der Waals surface area contributed by atoms with Crippen molar-refractivity contribution in [1.82, 2.24) is 0 Å². The number of hydrogen-bond donors (Lipinski definition) is 14. The highest BCUT2D eigenvalue weighted by atomic mass is 16.8. The number of aliphatic hydroxyl groups is 13. The third-order valence-electron chi connectivity index (χ3n) is 23.6. The first kappa shape index (κ1) is 69.6. The number of fused-ring (bicyclic) bond motifs is 7. The van der Waals surface area contributed by atoms with Gasteiger partial charge in [0.1, 0.15) is 85.5 Å². The molecule has 9 rings (SSSR count). The Hall–Kier alpha value is -2.75. The van der Waals surface area contributed by atoms with Gasteiger partial charge in [0.05, 0.1) is 62.5 Å². The van der Waals surface area contributed by atoms with E-state index in [-0.39, 0.29) is 30.5 Å². The molecule has 0 aromatic rings. The Labute approximate surface area is 512 Å². The van der Waals surface area contributed by atoms with E-state index < -0.39 is 224 Å². The van der Waals surface area contributed by atoms with E-state index in [0.717, 1.165) is 5.57 Å². The molecule has 9 aliphatic rings. The number of esters is 1. The van der Waals surface area contributed by atoms with Crippen molar-refractivity contribution >= 4 is 17.7 Å². The molecule has 4 saturated carbocycles. The number of ketones is 1. The van der Waals surface area contributed by atoms with Crippen molar-refractivity contribution in [2.24, 2.45) is 62.1 Å². The van der Waals surface area contributed by atoms with E-state index in [1.54, 1.807) is 26.8 Å². The van der Waals surface area contributed by atoms with Gasteiger partial charge < -0.3 is 114 Å². The van der Waals surface area contributed by atoms with Gasteiger partial charge in [0.25, 0.3) is 0 Å². The lowest BCUT2D eigenvalue weighted by atomic mass is 9.32. The number of carbonyl (C=O) groups excluding carboxylic acids is 2. The molecule has 88 heavy (non-hydrogen) atoms. The molecule has 0 amide bonds. The number of hydrogen-bond acceptors (Lipinski definition) is 25. The number of carbonyl (C=O) groups is 3. The molecule has 4 aliphatic heterocycles. The maximum atomic E-state index is 14.6. The Morgan fingerprint density at radius 1 is 0.693 bits per heavy atom. The van der Waals surface area contributed by atoms with Gasteiger partial charge in [-0.15, -0.1) is 0 Å². The third kappa shape index (κ3) is 11.3. The van der Waals surface area contributed by atoms with E-state index in [1.165, 1.54) is 0 Å². The van der Waals surface area contributed by atoms with Crippen LogP contribution in [0.4, 0.5) is 0 Å². The summed E-state index contributed by atoms with van der Waals surface area (Å²) in [5, 5.41) is 156. The maximum Gasteiger partial charge on any atom is 0.335 e. The fourth-order valence-electron chi connectivity index (χ4n) is 17.8. The van der Waals surface area contributed by atoms with E-state index in [0.29, 0.717) is 44.1 Å². The van der Waals surface area contributed by atoms with Gasteiger partial charge in [0.2, 0.25) is 0 Å². The molecular weight excluding hydrogens is 1160 g/mol. The average Bonchev–Trinajstić information content (AvgIpc) is 0.672. The SMILES string of the molecule is C/C=C(/C)C(=O)[C@H]1[C@H](OC(=O)C(C)CC)[C@@]2(CO)C(CC1(C)C)C1=CCC3[C@@]4(C)CC[C@H](O[C@@H]5O[C@H](C(=O)O)[C@@H](O)[C@H](O[C@@H]6OC[C@H](O)[C@H](O)[C@H]6O[C@@H]6OC[C@@H](O)[C@H](O)[C@H]6O)[C@H]5O[C@@H]5O[C@H](CO)[C@H](O)[C@H](O)[C@H]5O)[C@@](C)(CO)C4CC[C@@]3(C)[C@]1(C)C[C@H]2O. The Bertz CT molecular complexity index is 2570. The van der Waals surface area contributed by atoms with Crippen LogP contribution in [0, 0.1) is 62.1 Å². The van der Waals surface area contributed by atoms with Crippen LogP contribution in [-0.4, -0.2) is 251 Å². The van der Waals surface area contributed by atoms with Crippen LogP contribution in [0.25, 0.3) is 0 Å². The summed E-state index contributed by atoms with van der Waals surface area (Å²) in [5.41, 5.74) is -3.72. The number of carboxylic acid groups (broad SMARTS) is 1. The molecule has 0 radical (unpaired) electrons. The first-order valence-corrected chi connectivity index (χ1v) is 31.3. The smallest absolute Gasteiger partial charge is 0.335 e. The molecule has 4 heterocycles. The second kappa shape index (κ2) is 25.9. The molecule has 26 nitrogen and oxygen atoms in total. The number of carboxylic acids is 1. The fraction of sp³-hybridized carbons (Fsp3) is 0.887. The molecule has 0 aromatic heterocycles. The molecule has 8 fully saturated rings. The van der Waals surface area contributed by atoms with Gasteiger partial charge >= 0.3 is 11.9 Å². The van der Waals surface area contributed by atoms with Gasteiger partial charge in [0, 0.05) is 5.41 Å². The molecule has 0 bridgehead atoms. The molecule has 14 N–H and O–H groups in total. The monoisotopic (exact) mass is 1260 g/mol. The summed E-state index contributed by atoms with van der Waals surface area (Å²) in [7, 11) is 0. The van der Waals surface area contributed by atoms with Gasteiger partial charge in [-0.05, 0) is 110 Å². The second-order valence-corrected chi connectivity index (χ2v) is 28.6. The zero-order valence-electron chi connectivity index (χ0n) is 52.0.